The second kappa shape index (κ2) is 7.63. The summed E-state index contributed by atoms with van der Waals surface area (Å²) in [5.74, 6) is 1.56. The van der Waals surface area contributed by atoms with E-state index in [4.69, 9.17) is 9.26 Å². The van der Waals surface area contributed by atoms with Crippen molar-refractivity contribution in [1.29, 1.82) is 0 Å². The molecule has 4 atom stereocenters. The van der Waals surface area contributed by atoms with Crippen LogP contribution >= 0.6 is 0 Å². The monoisotopic (exact) mass is 372 g/mol. The van der Waals surface area contributed by atoms with Crippen LogP contribution in [0.4, 0.5) is 0 Å². The van der Waals surface area contributed by atoms with Gasteiger partial charge in [0.05, 0.1) is 7.11 Å². The number of hydrogen-bond acceptors (Lipinski definition) is 8. The molecule has 0 radical (unpaired) electrons. The van der Waals surface area contributed by atoms with Crippen molar-refractivity contribution >= 4 is 5.91 Å². The molecule has 2 fully saturated rings. The van der Waals surface area contributed by atoms with E-state index in [1.807, 2.05) is 24.3 Å². The summed E-state index contributed by atoms with van der Waals surface area (Å²) in [6.45, 7) is 3.47. The van der Waals surface area contributed by atoms with Crippen LogP contribution in [0.2, 0.25) is 0 Å². The normalized spacial score (nSPS) is 25.6. The molecule has 0 spiro atoms. The van der Waals surface area contributed by atoms with Gasteiger partial charge in [-0.1, -0.05) is 23.4 Å². The number of fused-ring (bicyclic) bond motifs is 1. The number of nitrogens with zero attached hydrogens (tertiary/aromatic N) is 2. The van der Waals surface area contributed by atoms with Crippen molar-refractivity contribution in [3.8, 4) is 5.75 Å². The van der Waals surface area contributed by atoms with Crippen LogP contribution in [0.1, 0.15) is 29.7 Å². The van der Waals surface area contributed by atoms with E-state index in [1.165, 1.54) is 0 Å². The van der Waals surface area contributed by atoms with Gasteiger partial charge in [-0.2, -0.15) is 4.98 Å². The van der Waals surface area contributed by atoms with Gasteiger partial charge >= 0.3 is 0 Å². The number of piperidine rings is 1. The summed E-state index contributed by atoms with van der Waals surface area (Å²) in [6, 6.07) is 6.89. The molecule has 4 unspecified atom stereocenters. The molecule has 1 aromatic heterocycles. The van der Waals surface area contributed by atoms with Crippen molar-refractivity contribution in [2.45, 2.75) is 31.5 Å². The second-order valence-electron chi connectivity index (χ2n) is 6.88. The van der Waals surface area contributed by atoms with E-state index in [1.54, 1.807) is 14.0 Å². The minimum atomic E-state index is -0.566. The Bertz CT molecular complexity index is 810. The maximum atomic E-state index is 13.1. The first-order valence-corrected chi connectivity index (χ1v) is 9.12. The average molecular weight is 372 g/mol. The number of carbonyl (C=O) groups excluding carboxylic acids is 1. The van der Waals surface area contributed by atoms with Crippen LogP contribution in [-0.4, -0.2) is 48.3 Å². The average Bonchev–Trinajstić information content (AvgIpc) is 3.32. The molecule has 0 saturated carbocycles. The third kappa shape index (κ3) is 3.53. The standard InChI is InChI=1S/C18H24N6O3/c1-10-20-17(24-27-10)15(11-5-3-4-6-14(11)26-2)21-18(25)16-12-9-19-8-7-13(12)22-23-16/h3-6,12-13,15-16,19,22-23H,7-9H2,1-2H3,(H,21,25). The summed E-state index contributed by atoms with van der Waals surface area (Å²) in [7, 11) is 1.60. The number of hydrogen-bond donors (Lipinski definition) is 4. The van der Waals surface area contributed by atoms with Crippen LogP contribution in [0.15, 0.2) is 28.8 Å². The number of aryl methyl sites for hydroxylation is 1. The molecule has 9 heteroatoms. The highest BCUT2D eigenvalue weighted by atomic mass is 16.5. The Morgan fingerprint density at radius 1 is 1.37 bits per heavy atom. The van der Waals surface area contributed by atoms with Crippen LogP contribution in [0.3, 0.4) is 0 Å². The molecule has 27 heavy (non-hydrogen) atoms. The predicted molar refractivity (Wildman–Crippen MR) is 96.8 cm³/mol. The zero-order chi connectivity index (χ0) is 18.8. The molecule has 2 aliphatic heterocycles. The molecule has 1 amide bonds. The van der Waals surface area contributed by atoms with Crippen LogP contribution in [0.25, 0.3) is 0 Å². The van der Waals surface area contributed by atoms with Crippen molar-refractivity contribution in [3.05, 3.63) is 41.5 Å². The summed E-state index contributed by atoms with van der Waals surface area (Å²) < 4.78 is 10.6. The number of para-hydroxylation sites is 1. The number of rotatable bonds is 5. The molecule has 3 heterocycles. The molecule has 4 N–H and O–H groups in total. The fraction of sp³-hybridized carbons (Fsp3) is 0.500. The van der Waals surface area contributed by atoms with Crippen molar-refractivity contribution in [3.63, 3.8) is 0 Å². The second-order valence-corrected chi connectivity index (χ2v) is 6.88. The lowest BCUT2D eigenvalue weighted by atomic mass is 9.89. The first-order valence-electron chi connectivity index (χ1n) is 9.12. The van der Waals surface area contributed by atoms with E-state index >= 15 is 0 Å². The fourth-order valence-corrected chi connectivity index (χ4v) is 3.83. The lowest BCUT2D eigenvalue weighted by Crippen LogP contribution is -2.50. The third-order valence-corrected chi connectivity index (χ3v) is 5.20. The summed E-state index contributed by atoms with van der Waals surface area (Å²) in [5, 5.41) is 10.5. The van der Waals surface area contributed by atoms with Gasteiger partial charge in [0.2, 0.25) is 11.8 Å². The van der Waals surface area contributed by atoms with Crippen molar-refractivity contribution in [2.24, 2.45) is 5.92 Å². The van der Waals surface area contributed by atoms with Gasteiger partial charge < -0.3 is 19.9 Å². The minimum Gasteiger partial charge on any atom is -0.496 e. The van der Waals surface area contributed by atoms with Gasteiger partial charge in [-0.25, -0.2) is 5.43 Å². The molecule has 2 saturated heterocycles. The third-order valence-electron chi connectivity index (χ3n) is 5.20. The number of ether oxygens (including phenoxy) is 1. The SMILES string of the molecule is COc1ccccc1C(NC(=O)C1NNC2CCNCC21)c1noc(C)n1. The maximum absolute atomic E-state index is 13.1. The molecule has 2 aliphatic rings. The zero-order valence-corrected chi connectivity index (χ0v) is 15.4. The van der Waals surface area contributed by atoms with Gasteiger partial charge in [-0.3, -0.25) is 10.2 Å². The Hall–Kier alpha value is -2.49. The quantitative estimate of drug-likeness (QED) is 0.582. The highest BCUT2D eigenvalue weighted by Gasteiger charge is 2.42. The molecule has 9 nitrogen and oxygen atoms in total. The fourth-order valence-electron chi connectivity index (χ4n) is 3.83. The van der Waals surface area contributed by atoms with E-state index in [0.717, 1.165) is 25.1 Å². The minimum absolute atomic E-state index is 0.114. The number of aromatic nitrogens is 2. The van der Waals surface area contributed by atoms with Crippen LogP contribution in [-0.2, 0) is 4.79 Å². The number of amides is 1. The smallest absolute Gasteiger partial charge is 0.239 e. The zero-order valence-electron chi connectivity index (χ0n) is 15.4. The number of hydrazine groups is 1. The number of nitrogens with one attached hydrogen (secondary N) is 4. The predicted octanol–water partition coefficient (Wildman–Crippen LogP) is 0.0467. The van der Waals surface area contributed by atoms with Crippen molar-refractivity contribution in [1.82, 2.24) is 31.6 Å². The van der Waals surface area contributed by atoms with Gasteiger partial charge in [0, 0.05) is 31.0 Å². The molecule has 2 aromatic rings. The molecule has 0 aliphatic carbocycles. The Morgan fingerprint density at radius 3 is 3.00 bits per heavy atom. The van der Waals surface area contributed by atoms with Crippen LogP contribution in [0, 0.1) is 12.8 Å². The first kappa shape index (κ1) is 17.9. The van der Waals surface area contributed by atoms with E-state index in [-0.39, 0.29) is 17.9 Å². The van der Waals surface area contributed by atoms with Gasteiger partial charge in [-0.15, -0.1) is 0 Å². The highest BCUT2D eigenvalue weighted by Crippen LogP contribution is 2.29. The van der Waals surface area contributed by atoms with E-state index in [9.17, 15) is 4.79 Å². The Balaban J connectivity index is 1.60. The summed E-state index contributed by atoms with van der Waals surface area (Å²) in [5.41, 5.74) is 7.16. The molecule has 4 rings (SSSR count). The van der Waals surface area contributed by atoms with Gasteiger partial charge in [-0.05, 0) is 19.0 Å². The summed E-state index contributed by atoms with van der Waals surface area (Å²) in [4.78, 5) is 17.4. The molecular formula is C18H24N6O3. The summed E-state index contributed by atoms with van der Waals surface area (Å²) in [6.07, 6.45) is 0.988. The molecular weight excluding hydrogens is 348 g/mol. The molecule has 0 bridgehead atoms. The number of benzene rings is 1. The lowest BCUT2D eigenvalue weighted by Gasteiger charge is -2.28. The topological polar surface area (TPSA) is 113 Å². The first-order chi connectivity index (χ1) is 13.2. The van der Waals surface area contributed by atoms with E-state index < -0.39 is 6.04 Å². The van der Waals surface area contributed by atoms with Crippen LogP contribution < -0.4 is 26.2 Å². The van der Waals surface area contributed by atoms with Gasteiger partial charge in [0.15, 0.2) is 5.82 Å². The van der Waals surface area contributed by atoms with Crippen molar-refractivity contribution in [2.75, 3.05) is 20.2 Å². The largest absolute Gasteiger partial charge is 0.496 e. The summed E-state index contributed by atoms with van der Waals surface area (Å²) >= 11 is 0. The van der Waals surface area contributed by atoms with Gasteiger partial charge in [0.25, 0.3) is 0 Å². The number of carbonyl (C=O) groups is 1. The number of methoxy groups -OCH3 is 1. The van der Waals surface area contributed by atoms with E-state index in [0.29, 0.717) is 23.5 Å². The van der Waals surface area contributed by atoms with Gasteiger partial charge in [0.1, 0.15) is 17.8 Å². The molecule has 144 valence electrons. The Labute approximate surface area is 157 Å². The lowest BCUT2D eigenvalue weighted by molar-refractivity contribution is -0.124. The Kier molecular flexibility index (Phi) is 5.06. The molecule has 1 aromatic carbocycles. The van der Waals surface area contributed by atoms with Crippen molar-refractivity contribution < 1.29 is 14.1 Å². The van der Waals surface area contributed by atoms with Crippen LogP contribution in [0.5, 0.6) is 5.75 Å². The maximum Gasteiger partial charge on any atom is 0.239 e. The highest BCUT2D eigenvalue weighted by molar-refractivity contribution is 5.83. The van der Waals surface area contributed by atoms with E-state index in [2.05, 4.69) is 31.6 Å². The Morgan fingerprint density at radius 2 is 2.22 bits per heavy atom.